The molecule has 3 fully saturated rings. The number of benzene rings is 1. The molecular weight excluding hydrogens is 503 g/mol. The molecule has 4 aliphatic rings. The number of hydrogen-bond donors (Lipinski definition) is 5. The van der Waals surface area contributed by atoms with Crippen LogP contribution in [-0.2, 0) is 9.53 Å². The van der Waals surface area contributed by atoms with E-state index in [2.05, 4.69) is 10.6 Å². The number of amides is 2. The Morgan fingerprint density at radius 1 is 1.26 bits per heavy atom. The van der Waals surface area contributed by atoms with Crippen molar-refractivity contribution in [3.05, 3.63) is 64.5 Å². The monoisotopic (exact) mass is 538 g/mol. The number of ether oxygens (including phenoxy) is 2. The molecule has 6 N–H and O–H groups in total. The van der Waals surface area contributed by atoms with Gasteiger partial charge in [0.2, 0.25) is 0 Å². The zero-order chi connectivity index (χ0) is 27.9. The largest absolute Gasteiger partial charge is 0.490 e. The zero-order valence-electron chi connectivity index (χ0n) is 22.2. The number of carbonyl (C=O) groups is 2. The quantitative estimate of drug-likeness (QED) is 0.228. The summed E-state index contributed by atoms with van der Waals surface area (Å²) >= 11 is 0. The number of dihydropyridines is 1. The number of rotatable bonds is 10. The first-order chi connectivity index (χ1) is 18.4. The number of hydrogen-bond acceptors (Lipinski definition) is 7. The molecule has 1 aliphatic heterocycles. The third kappa shape index (κ3) is 6.00. The van der Waals surface area contributed by atoms with Crippen molar-refractivity contribution in [3.63, 3.8) is 0 Å². The molecule has 208 valence electrons. The van der Waals surface area contributed by atoms with Gasteiger partial charge in [0.25, 0.3) is 11.8 Å². The molecular formula is C29H35FN4O5. The number of carbonyl (C=O) groups excluding carboxylic acids is 2. The maximum absolute atomic E-state index is 13.5. The molecule has 3 aliphatic carbocycles. The van der Waals surface area contributed by atoms with Gasteiger partial charge in [-0.3, -0.25) is 9.59 Å². The second-order valence-corrected chi connectivity index (χ2v) is 11.8. The smallest absolute Gasteiger partial charge is 0.255 e. The minimum absolute atomic E-state index is 0.00213. The van der Waals surface area contributed by atoms with Crippen molar-refractivity contribution in [2.75, 3.05) is 6.61 Å². The number of primary amides is 1. The Morgan fingerprint density at radius 3 is 2.59 bits per heavy atom. The summed E-state index contributed by atoms with van der Waals surface area (Å²) in [7, 11) is 0. The highest BCUT2D eigenvalue weighted by molar-refractivity contribution is 6.12. The first-order valence-corrected chi connectivity index (χ1v) is 13.3. The lowest BCUT2D eigenvalue weighted by Crippen LogP contribution is -2.59. The van der Waals surface area contributed by atoms with Crippen molar-refractivity contribution in [1.29, 1.82) is 5.41 Å². The van der Waals surface area contributed by atoms with E-state index in [1.54, 1.807) is 26.0 Å². The first kappa shape index (κ1) is 26.9. The number of nitrogens with two attached hydrogens (primary N) is 1. The molecule has 39 heavy (non-hydrogen) atoms. The summed E-state index contributed by atoms with van der Waals surface area (Å²) in [6.07, 6.45) is 9.69. The first-order valence-electron chi connectivity index (χ1n) is 13.3. The van der Waals surface area contributed by atoms with E-state index in [-0.39, 0.29) is 47.0 Å². The molecule has 2 amide bonds. The number of nitrogens with one attached hydrogen (secondary N) is 3. The van der Waals surface area contributed by atoms with Crippen LogP contribution in [0.5, 0.6) is 5.75 Å². The maximum Gasteiger partial charge on any atom is 0.255 e. The lowest BCUT2D eigenvalue weighted by atomic mass is 9.53. The van der Waals surface area contributed by atoms with Crippen molar-refractivity contribution >= 4 is 18.0 Å². The average Bonchev–Trinajstić information content (AvgIpc) is 3.66. The highest BCUT2D eigenvalue weighted by Gasteiger charge is 2.54. The van der Waals surface area contributed by atoms with Gasteiger partial charge < -0.3 is 36.4 Å². The van der Waals surface area contributed by atoms with E-state index in [1.165, 1.54) is 12.1 Å². The number of allylic oxidation sites excluding steroid dienone is 3. The number of halogens is 1. The average molecular weight is 539 g/mol. The Kier molecular flexibility index (Phi) is 7.00. The van der Waals surface area contributed by atoms with Crippen LogP contribution in [0.3, 0.4) is 0 Å². The zero-order valence-corrected chi connectivity index (χ0v) is 22.2. The van der Waals surface area contributed by atoms with E-state index in [0.29, 0.717) is 17.4 Å². The molecule has 0 aromatic heterocycles. The summed E-state index contributed by atoms with van der Waals surface area (Å²) in [6.45, 7) is 3.51. The van der Waals surface area contributed by atoms with E-state index in [9.17, 15) is 19.1 Å². The standard InChI is InChI=1S/C29H35FN4O5/c1-28(2,37)15-38-24-8-6-22(34-25(24)16-3-4-16)21(14-31)27(36)33-18-10-29(11-18)12-19(13-29)39-23-7-5-17(30)9-20(23)26(32)35/h5-9,14,16,18-19,31,34,37H,3-4,10-13,15H2,1-2H3,(H2,32,35)(H,33,36)/b22-21+,31-14?. The van der Waals surface area contributed by atoms with Gasteiger partial charge in [-0.05, 0) is 88.1 Å². The molecule has 1 heterocycles. The van der Waals surface area contributed by atoms with Crippen molar-refractivity contribution in [2.45, 2.75) is 70.1 Å². The molecule has 0 saturated heterocycles. The van der Waals surface area contributed by atoms with Crippen molar-refractivity contribution in [3.8, 4) is 5.75 Å². The highest BCUT2D eigenvalue weighted by atomic mass is 19.1. The maximum atomic E-state index is 13.5. The number of aliphatic hydroxyl groups is 1. The molecule has 5 rings (SSSR count). The van der Waals surface area contributed by atoms with Gasteiger partial charge in [0.1, 0.15) is 23.9 Å². The van der Waals surface area contributed by atoms with Crippen molar-refractivity contribution < 1.29 is 28.6 Å². The van der Waals surface area contributed by atoms with E-state index < -0.39 is 17.3 Å². The summed E-state index contributed by atoms with van der Waals surface area (Å²) in [5.41, 5.74) is 6.17. The molecule has 1 aromatic carbocycles. The van der Waals surface area contributed by atoms with Crippen LogP contribution >= 0.6 is 0 Å². The Bertz CT molecular complexity index is 1280. The summed E-state index contributed by atoms with van der Waals surface area (Å²) in [4.78, 5) is 24.7. The minimum atomic E-state index is -0.967. The summed E-state index contributed by atoms with van der Waals surface area (Å²) < 4.78 is 25.2. The van der Waals surface area contributed by atoms with Crippen LogP contribution in [0, 0.1) is 22.6 Å². The Balaban J connectivity index is 1.15. The van der Waals surface area contributed by atoms with Gasteiger partial charge in [-0.15, -0.1) is 0 Å². The van der Waals surface area contributed by atoms with Gasteiger partial charge in [-0.25, -0.2) is 4.39 Å². The Labute approximate surface area is 226 Å². The third-order valence-corrected chi connectivity index (χ3v) is 7.70. The fourth-order valence-electron chi connectivity index (χ4n) is 5.63. The van der Waals surface area contributed by atoms with Gasteiger partial charge in [-0.2, -0.15) is 0 Å². The molecule has 9 nitrogen and oxygen atoms in total. The van der Waals surface area contributed by atoms with Gasteiger partial charge >= 0.3 is 0 Å². The molecule has 10 heteroatoms. The summed E-state index contributed by atoms with van der Waals surface area (Å²) in [5, 5.41) is 24.3. The van der Waals surface area contributed by atoms with Gasteiger partial charge in [0.15, 0.2) is 0 Å². The van der Waals surface area contributed by atoms with Crippen LogP contribution in [0.2, 0.25) is 0 Å². The Morgan fingerprint density at radius 2 is 1.97 bits per heavy atom. The van der Waals surface area contributed by atoms with E-state index in [4.69, 9.17) is 20.6 Å². The predicted molar refractivity (Wildman–Crippen MR) is 142 cm³/mol. The fraction of sp³-hybridized carbons (Fsp3) is 0.483. The van der Waals surface area contributed by atoms with Crippen LogP contribution in [0.15, 0.2) is 53.1 Å². The van der Waals surface area contributed by atoms with Crippen LogP contribution in [0.25, 0.3) is 0 Å². The molecule has 0 atom stereocenters. The van der Waals surface area contributed by atoms with Gasteiger partial charge in [0, 0.05) is 18.2 Å². The lowest BCUT2D eigenvalue weighted by molar-refractivity contribution is -0.123. The van der Waals surface area contributed by atoms with E-state index in [0.717, 1.165) is 56.5 Å². The molecule has 0 radical (unpaired) electrons. The van der Waals surface area contributed by atoms with Gasteiger partial charge in [0.05, 0.1) is 34.2 Å². The topological polar surface area (TPSA) is 147 Å². The van der Waals surface area contributed by atoms with Crippen LogP contribution in [0.1, 0.15) is 62.7 Å². The molecule has 3 saturated carbocycles. The van der Waals surface area contributed by atoms with Crippen LogP contribution in [0.4, 0.5) is 4.39 Å². The highest BCUT2D eigenvalue weighted by Crippen LogP contribution is 2.57. The molecule has 0 unspecified atom stereocenters. The fourth-order valence-corrected chi connectivity index (χ4v) is 5.63. The normalized spacial score (nSPS) is 27.2. The minimum Gasteiger partial charge on any atom is -0.490 e. The SMILES string of the molecule is CC(C)(O)COC1=C(C2CC2)N/C(=C(\C=N)C(=O)NC2CC3(C2)CC(Oc2ccc(F)cc2C(N)=O)C3)C=C1. The lowest BCUT2D eigenvalue weighted by Gasteiger charge is -2.57. The van der Waals surface area contributed by atoms with Crippen LogP contribution < -0.4 is 21.1 Å². The second kappa shape index (κ2) is 10.1. The Hall–Kier alpha value is -3.66. The summed E-state index contributed by atoms with van der Waals surface area (Å²) in [6, 6.07) is 3.75. The van der Waals surface area contributed by atoms with Crippen molar-refractivity contribution in [2.24, 2.45) is 17.1 Å². The van der Waals surface area contributed by atoms with Gasteiger partial charge in [-0.1, -0.05) is 0 Å². The van der Waals surface area contributed by atoms with Crippen molar-refractivity contribution in [1.82, 2.24) is 10.6 Å². The predicted octanol–water partition coefficient (Wildman–Crippen LogP) is 3.20. The van der Waals surface area contributed by atoms with E-state index in [1.807, 2.05) is 0 Å². The van der Waals surface area contributed by atoms with Crippen LogP contribution in [-0.4, -0.2) is 47.5 Å². The molecule has 1 spiro atoms. The summed E-state index contributed by atoms with van der Waals surface area (Å²) in [5.74, 6) is -0.336. The van der Waals surface area contributed by atoms with E-state index >= 15 is 0 Å². The molecule has 1 aromatic rings. The molecule has 0 bridgehead atoms. The second-order valence-electron chi connectivity index (χ2n) is 11.8. The third-order valence-electron chi connectivity index (χ3n) is 7.70.